The number of rotatable bonds is 4. The number of hydrogen-bond donors (Lipinski definition) is 0. The Hall–Kier alpha value is -2.93. The molecule has 0 N–H and O–H groups in total. The van der Waals surface area contributed by atoms with E-state index in [9.17, 15) is 4.79 Å². The lowest BCUT2D eigenvalue weighted by molar-refractivity contribution is -0.138. The first-order valence-corrected chi connectivity index (χ1v) is 9.52. The third-order valence-corrected chi connectivity index (χ3v) is 5.84. The molecule has 0 unspecified atom stereocenters. The second-order valence-electron chi connectivity index (χ2n) is 7.35. The van der Waals surface area contributed by atoms with Crippen molar-refractivity contribution >= 4 is 11.6 Å². The van der Waals surface area contributed by atoms with Gasteiger partial charge in [-0.15, -0.1) is 0 Å². The number of methoxy groups -OCH3 is 2. The van der Waals surface area contributed by atoms with Crippen LogP contribution in [-0.2, 0) is 16.0 Å². The fourth-order valence-corrected chi connectivity index (χ4v) is 4.65. The van der Waals surface area contributed by atoms with Gasteiger partial charge in [0.25, 0.3) is 0 Å². The third-order valence-electron chi connectivity index (χ3n) is 5.84. The highest BCUT2D eigenvalue weighted by Gasteiger charge is 2.43. The first-order chi connectivity index (χ1) is 13.7. The molecule has 2 bridgehead atoms. The number of ether oxygens (including phenoxy) is 2. The van der Waals surface area contributed by atoms with Gasteiger partial charge in [0.2, 0.25) is 5.91 Å². The molecule has 2 aliphatic rings. The normalized spacial score (nSPS) is 20.4. The van der Waals surface area contributed by atoms with Crippen molar-refractivity contribution in [3.63, 3.8) is 0 Å². The molecule has 2 aromatic heterocycles. The molecular formula is C21H22N4O3. The van der Waals surface area contributed by atoms with E-state index in [0.717, 1.165) is 53.2 Å². The molecule has 1 aromatic carbocycles. The predicted molar refractivity (Wildman–Crippen MR) is 103 cm³/mol. The lowest BCUT2D eigenvalue weighted by Gasteiger charge is -2.36. The van der Waals surface area contributed by atoms with Crippen molar-refractivity contribution in [1.82, 2.24) is 19.5 Å². The second kappa shape index (κ2) is 6.60. The summed E-state index contributed by atoms with van der Waals surface area (Å²) in [6, 6.07) is 10.1. The van der Waals surface area contributed by atoms with Crippen LogP contribution < -0.4 is 4.74 Å². The Morgan fingerprint density at radius 3 is 2.93 bits per heavy atom. The van der Waals surface area contributed by atoms with Crippen LogP contribution in [0.4, 0.5) is 0 Å². The maximum atomic E-state index is 12.5. The van der Waals surface area contributed by atoms with Crippen molar-refractivity contribution in [2.75, 3.05) is 20.8 Å². The Labute approximate surface area is 162 Å². The van der Waals surface area contributed by atoms with Gasteiger partial charge in [-0.25, -0.2) is 9.50 Å². The predicted octanol–water partition coefficient (Wildman–Crippen LogP) is 2.64. The number of fused-ring (bicyclic) bond motifs is 6. The molecule has 0 saturated carbocycles. The molecule has 2 aliphatic heterocycles. The molecule has 144 valence electrons. The number of carbonyl (C=O) groups excluding carboxylic acids is 1. The zero-order valence-corrected chi connectivity index (χ0v) is 16.0. The van der Waals surface area contributed by atoms with Crippen LogP contribution in [0.25, 0.3) is 16.9 Å². The zero-order chi connectivity index (χ0) is 19.3. The molecule has 4 heterocycles. The van der Waals surface area contributed by atoms with Crippen molar-refractivity contribution in [1.29, 1.82) is 0 Å². The highest BCUT2D eigenvalue weighted by Crippen LogP contribution is 2.43. The Morgan fingerprint density at radius 2 is 2.11 bits per heavy atom. The monoisotopic (exact) mass is 378 g/mol. The summed E-state index contributed by atoms with van der Waals surface area (Å²) in [4.78, 5) is 19.2. The summed E-state index contributed by atoms with van der Waals surface area (Å²) in [6.45, 7) is 0.123. The SMILES string of the molecule is COCC(=O)N1[C@H]2CC[C@H]1c1cnc3cc(-c4ccccc4OC)nn3c1C2. The van der Waals surface area contributed by atoms with Crippen LogP contribution in [0.3, 0.4) is 0 Å². The number of aromatic nitrogens is 3. The van der Waals surface area contributed by atoms with Gasteiger partial charge in [-0.2, -0.15) is 5.10 Å². The van der Waals surface area contributed by atoms with Crippen LogP contribution in [0.1, 0.15) is 30.1 Å². The van der Waals surface area contributed by atoms with Gasteiger partial charge in [0.05, 0.1) is 24.5 Å². The molecule has 0 spiro atoms. The van der Waals surface area contributed by atoms with Crippen LogP contribution in [0.5, 0.6) is 5.75 Å². The minimum absolute atomic E-state index is 0.0518. The summed E-state index contributed by atoms with van der Waals surface area (Å²) in [5.41, 5.74) is 4.85. The Kier molecular flexibility index (Phi) is 4.05. The van der Waals surface area contributed by atoms with Gasteiger partial charge in [0, 0.05) is 43.0 Å². The summed E-state index contributed by atoms with van der Waals surface area (Å²) in [7, 11) is 3.23. The van der Waals surface area contributed by atoms with Crippen LogP contribution in [0, 0.1) is 0 Å². The van der Waals surface area contributed by atoms with Gasteiger partial charge in [0.1, 0.15) is 12.4 Å². The number of hydrogen-bond acceptors (Lipinski definition) is 5. The molecule has 5 rings (SSSR count). The van der Waals surface area contributed by atoms with Gasteiger partial charge < -0.3 is 14.4 Å². The summed E-state index contributed by atoms with van der Waals surface area (Å²) in [6.07, 6.45) is 4.66. The first-order valence-electron chi connectivity index (χ1n) is 9.52. The van der Waals surface area contributed by atoms with E-state index in [1.54, 1.807) is 14.2 Å². The number of carbonyl (C=O) groups is 1. The number of benzene rings is 1. The van der Waals surface area contributed by atoms with Crippen molar-refractivity contribution in [2.45, 2.75) is 31.3 Å². The van der Waals surface area contributed by atoms with Crippen molar-refractivity contribution in [3.8, 4) is 17.0 Å². The summed E-state index contributed by atoms with van der Waals surface area (Å²) in [5, 5.41) is 4.85. The van der Waals surface area contributed by atoms with E-state index in [1.807, 2.05) is 45.9 Å². The zero-order valence-electron chi connectivity index (χ0n) is 16.0. The fourth-order valence-electron chi connectivity index (χ4n) is 4.65. The minimum Gasteiger partial charge on any atom is -0.496 e. The Balaban J connectivity index is 1.60. The van der Waals surface area contributed by atoms with E-state index in [1.165, 1.54) is 0 Å². The van der Waals surface area contributed by atoms with E-state index in [4.69, 9.17) is 14.6 Å². The number of para-hydroxylation sites is 1. The van der Waals surface area contributed by atoms with Gasteiger partial charge in [-0.1, -0.05) is 12.1 Å². The highest BCUT2D eigenvalue weighted by atomic mass is 16.5. The molecule has 1 saturated heterocycles. The maximum absolute atomic E-state index is 12.5. The number of amides is 1. The van der Waals surface area contributed by atoms with Crippen molar-refractivity contribution in [3.05, 3.63) is 47.8 Å². The van der Waals surface area contributed by atoms with Crippen LogP contribution >= 0.6 is 0 Å². The average Bonchev–Trinajstić information content (AvgIpc) is 3.29. The molecule has 1 fully saturated rings. The van der Waals surface area contributed by atoms with E-state index >= 15 is 0 Å². The molecule has 0 radical (unpaired) electrons. The van der Waals surface area contributed by atoms with E-state index in [0.29, 0.717) is 0 Å². The molecule has 7 heteroatoms. The van der Waals surface area contributed by atoms with Crippen molar-refractivity contribution in [2.24, 2.45) is 0 Å². The summed E-state index contributed by atoms with van der Waals surface area (Å²) in [5.74, 6) is 0.840. The van der Waals surface area contributed by atoms with Crippen LogP contribution in [0.15, 0.2) is 36.5 Å². The van der Waals surface area contributed by atoms with E-state index < -0.39 is 0 Å². The molecule has 2 atom stereocenters. The van der Waals surface area contributed by atoms with Gasteiger partial charge in [0.15, 0.2) is 5.65 Å². The molecule has 0 aliphatic carbocycles. The quantitative estimate of drug-likeness (QED) is 0.698. The Bertz CT molecular complexity index is 1060. The largest absolute Gasteiger partial charge is 0.496 e. The molecular weight excluding hydrogens is 356 g/mol. The lowest BCUT2D eigenvalue weighted by Crippen LogP contribution is -2.44. The standard InChI is InChI=1S/C21H22N4O3/c1-27-12-21(26)24-13-7-8-17(24)15-11-22-20-10-16(23-25(20)18(15)9-13)14-5-3-4-6-19(14)28-2/h3-6,10-11,13,17H,7-9,12H2,1-2H3/t13-,17-/m0/s1. The van der Waals surface area contributed by atoms with Gasteiger partial charge >= 0.3 is 0 Å². The highest BCUT2D eigenvalue weighted by molar-refractivity contribution is 5.79. The van der Waals surface area contributed by atoms with Gasteiger partial charge in [-0.05, 0) is 25.0 Å². The second-order valence-corrected chi connectivity index (χ2v) is 7.35. The van der Waals surface area contributed by atoms with Crippen LogP contribution in [0.2, 0.25) is 0 Å². The van der Waals surface area contributed by atoms with E-state index in [2.05, 4.69) is 4.98 Å². The average molecular weight is 378 g/mol. The molecule has 3 aromatic rings. The summed E-state index contributed by atoms with van der Waals surface area (Å²) >= 11 is 0. The van der Waals surface area contributed by atoms with E-state index in [-0.39, 0.29) is 24.6 Å². The van der Waals surface area contributed by atoms with Crippen molar-refractivity contribution < 1.29 is 14.3 Å². The van der Waals surface area contributed by atoms with Crippen LogP contribution in [-0.4, -0.2) is 52.3 Å². The first kappa shape index (κ1) is 17.2. The fraction of sp³-hybridized carbons (Fsp3) is 0.381. The Morgan fingerprint density at radius 1 is 1.25 bits per heavy atom. The molecule has 28 heavy (non-hydrogen) atoms. The number of nitrogens with zero attached hydrogens (tertiary/aromatic N) is 4. The molecule has 1 amide bonds. The van der Waals surface area contributed by atoms with Gasteiger partial charge in [-0.3, -0.25) is 4.79 Å². The molecule has 7 nitrogen and oxygen atoms in total. The lowest BCUT2D eigenvalue weighted by atomic mass is 9.99. The minimum atomic E-state index is 0.0518. The summed E-state index contributed by atoms with van der Waals surface area (Å²) < 4.78 is 12.5. The topological polar surface area (TPSA) is 69.0 Å². The third kappa shape index (κ3) is 2.50. The smallest absolute Gasteiger partial charge is 0.249 e. The maximum Gasteiger partial charge on any atom is 0.249 e.